The van der Waals surface area contributed by atoms with Crippen molar-refractivity contribution in [2.24, 2.45) is 0 Å². The predicted molar refractivity (Wildman–Crippen MR) is 133 cm³/mol. The zero-order valence-electron chi connectivity index (χ0n) is 20.4. The number of ether oxygens (including phenoxy) is 2. The number of esters is 1. The van der Waals surface area contributed by atoms with Gasteiger partial charge in [-0.3, -0.25) is 4.79 Å². The van der Waals surface area contributed by atoms with Gasteiger partial charge in [0.05, 0.1) is 17.6 Å². The van der Waals surface area contributed by atoms with Gasteiger partial charge in [-0.15, -0.1) is 0 Å². The van der Waals surface area contributed by atoms with Gasteiger partial charge in [-0.1, -0.05) is 43.7 Å². The number of rotatable bonds is 10. The van der Waals surface area contributed by atoms with Gasteiger partial charge in [0.25, 0.3) is 0 Å². The number of carbonyl (C=O) groups is 1. The van der Waals surface area contributed by atoms with Crippen LogP contribution in [-0.2, 0) is 4.74 Å². The highest BCUT2D eigenvalue weighted by Gasteiger charge is 2.44. The van der Waals surface area contributed by atoms with Crippen molar-refractivity contribution in [2.75, 3.05) is 32.8 Å². The zero-order chi connectivity index (χ0) is 24.2. The van der Waals surface area contributed by atoms with Crippen molar-refractivity contribution in [1.82, 2.24) is 4.90 Å². The lowest BCUT2D eigenvalue weighted by atomic mass is 10.1. The number of benzene rings is 2. The number of nitrogens with zero attached hydrogens (tertiary/aromatic N) is 1. The maximum absolute atomic E-state index is 13.4. The average molecular weight is 464 g/mol. The van der Waals surface area contributed by atoms with Crippen LogP contribution in [-0.4, -0.2) is 43.7 Å². The highest BCUT2D eigenvalue weighted by Crippen LogP contribution is 2.56. The van der Waals surface area contributed by atoms with E-state index in [2.05, 4.69) is 49.9 Å². The van der Waals surface area contributed by atoms with E-state index in [0.717, 1.165) is 19.5 Å². The molecule has 1 heterocycles. The van der Waals surface area contributed by atoms with Crippen LogP contribution in [0.4, 0.5) is 0 Å². The Bertz CT molecular complexity index is 1210. The van der Waals surface area contributed by atoms with E-state index >= 15 is 0 Å². The molecule has 180 valence electrons. The van der Waals surface area contributed by atoms with Crippen LogP contribution in [0.2, 0.25) is 0 Å². The quantitative estimate of drug-likeness (QED) is 0.382. The highest BCUT2D eigenvalue weighted by molar-refractivity contribution is 5.94. The van der Waals surface area contributed by atoms with Crippen LogP contribution in [0.15, 0.2) is 51.7 Å². The topological polar surface area (TPSA) is 69.0 Å². The van der Waals surface area contributed by atoms with E-state index in [0.29, 0.717) is 48.0 Å². The molecule has 0 N–H and O–H groups in total. The van der Waals surface area contributed by atoms with E-state index in [4.69, 9.17) is 13.9 Å². The fraction of sp³-hybridized carbons (Fsp3) is 0.429. The summed E-state index contributed by atoms with van der Waals surface area (Å²) in [4.78, 5) is 28.1. The summed E-state index contributed by atoms with van der Waals surface area (Å²) in [6.45, 7) is 11.2. The van der Waals surface area contributed by atoms with Crippen molar-refractivity contribution in [3.8, 4) is 5.75 Å². The molecule has 0 radical (unpaired) electrons. The molecule has 1 fully saturated rings. The van der Waals surface area contributed by atoms with Gasteiger partial charge in [0.1, 0.15) is 12.2 Å². The maximum atomic E-state index is 13.4. The summed E-state index contributed by atoms with van der Waals surface area (Å²) >= 11 is 0. The van der Waals surface area contributed by atoms with Crippen molar-refractivity contribution in [3.63, 3.8) is 0 Å². The Kier molecular flexibility index (Phi) is 7.37. The molecule has 4 rings (SSSR count). The summed E-state index contributed by atoms with van der Waals surface area (Å²) < 4.78 is 17.4. The molecule has 0 saturated heterocycles. The van der Waals surface area contributed by atoms with E-state index in [1.807, 2.05) is 6.92 Å². The van der Waals surface area contributed by atoms with E-state index in [-0.39, 0.29) is 17.1 Å². The van der Waals surface area contributed by atoms with Gasteiger partial charge in [0, 0.05) is 12.5 Å². The molecule has 1 aliphatic rings. The van der Waals surface area contributed by atoms with Crippen LogP contribution in [0.25, 0.3) is 11.0 Å². The largest absolute Gasteiger partial charge is 0.487 e. The Balaban J connectivity index is 1.59. The molecule has 6 nitrogen and oxygen atoms in total. The normalized spacial score (nSPS) is 17.2. The average Bonchev–Trinajstić information content (AvgIpc) is 3.64. The molecule has 0 aliphatic heterocycles. The third kappa shape index (κ3) is 5.02. The third-order valence-corrected chi connectivity index (χ3v) is 6.57. The van der Waals surface area contributed by atoms with E-state index < -0.39 is 5.97 Å². The molecular formula is C28H33NO5. The molecule has 1 saturated carbocycles. The van der Waals surface area contributed by atoms with Crippen molar-refractivity contribution >= 4 is 16.9 Å². The second-order valence-corrected chi connectivity index (χ2v) is 8.79. The minimum atomic E-state index is -0.447. The fourth-order valence-corrected chi connectivity index (χ4v) is 4.40. The Morgan fingerprint density at radius 2 is 1.79 bits per heavy atom. The Labute approximate surface area is 200 Å². The summed E-state index contributed by atoms with van der Waals surface area (Å²) in [5.41, 5.74) is 3.00. The fourth-order valence-electron chi connectivity index (χ4n) is 4.40. The van der Waals surface area contributed by atoms with Crippen molar-refractivity contribution < 1.29 is 18.7 Å². The number of aryl methyl sites for hydroxylation is 1. The number of hydrogen-bond acceptors (Lipinski definition) is 6. The zero-order valence-corrected chi connectivity index (χ0v) is 20.4. The SMILES string of the molecule is CCOc1c(C2CC2c2ccc(C)cc2)oc2ccc(C(=O)OCCN(CC)CC)cc2c1=O. The molecule has 2 atom stereocenters. The number of hydrogen-bond donors (Lipinski definition) is 0. The number of likely N-dealkylation sites (N-methyl/N-ethyl adjacent to an activating group) is 1. The first-order valence-electron chi connectivity index (χ1n) is 12.2. The molecule has 0 spiro atoms. The molecule has 1 aliphatic carbocycles. The molecule has 1 aromatic heterocycles. The standard InChI is InChI=1S/C28H33NO5/c1-5-29(6-2)14-15-33-28(31)20-12-13-24-23(16-20)25(30)27(32-7-3)26(34-24)22-17-21(22)19-10-8-18(4)9-11-19/h8-13,16,21-22H,5-7,14-15,17H2,1-4H3. The number of fused-ring (bicyclic) bond motifs is 1. The second kappa shape index (κ2) is 10.4. The van der Waals surface area contributed by atoms with Gasteiger partial charge in [-0.25, -0.2) is 4.79 Å². The smallest absolute Gasteiger partial charge is 0.338 e. The molecule has 34 heavy (non-hydrogen) atoms. The molecule has 0 bridgehead atoms. The van der Waals surface area contributed by atoms with E-state index in [9.17, 15) is 9.59 Å². The van der Waals surface area contributed by atoms with Crippen LogP contribution in [0.3, 0.4) is 0 Å². The lowest BCUT2D eigenvalue weighted by Crippen LogP contribution is -2.27. The predicted octanol–water partition coefficient (Wildman–Crippen LogP) is 5.27. The Hall–Kier alpha value is -3.12. The van der Waals surface area contributed by atoms with Crippen LogP contribution < -0.4 is 10.2 Å². The van der Waals surface area contributed by atoms with Crippen LogP contribution >= 0.6 is 0 Å². The van der Waals surface area contributed by atoms with Crippen LogP contribution in [0.5, 0.6) is 5.75 Å². The molecule has 3 aromatic rings. The van der Waals surface area contributed by atoms with Crippen LogP contribution in [0, 0.1) is 6.92 Å². The van der Waals surface area contributed by atoms with Crippen LogP contribution in [0.1, 0.15) is 66.3 Å². The molecular weight excluding hydrogens is 430 g/mol. The maximum Gasteiger partial charge on any atom is 0.338 e. The van der Waals surface area contributed by atoms with Crippen molar-refractivity contribution in [2.45, 2.75) is 46.0 Å². The summed E-state index contributed by atoms with van der Waals surface area (Å²) in [5, 5.41) is 0.331. The van der Waals surface area contributed by atoms with Gasteiger partial charge in [-0.2, -0.15) is 0 Å². The Morgan fingerprint density at radius 3 is 2.47 bits per heavy atom. The molecule has 2 unspecified atom stereocenters. The van der Waals surface area contributed by atoms with E-state index in [1.54, 1.807) is 18.2 Å². The molecule has 0 amide bonds. The van der Waals surface area contributed by atoms with Crippen molar-refractivity contribution in [1.29, 1.82) is 0 Å². The van der Waals surface area contributed by atoms with Gasteiger partial charge in [0.15, 0.2) is 5.76 Å². The van der Waals surface area contributed by atoms with Gasteiger partial charge in [0.2, 0.25) is 11.2 Å². The van der Waals surface area contributed by atoms with Crippen molar-refractivity contribution in [3.05, 3.63) is 75.1 Å². The summed E-state index contributed by atoms with van der Waals surface area (Å²) in [6.07, 6.45) is 0.911. The molecule has 2 aromatic carbocycles. The minimum absolute atomic E-state index is 0.103. The lowest BCUT2D eigenvalue weighted by molar-refractivity contribution is 0.0466. The second-order valence-electron chi connectivity index (χ2n) is 8.79. The highest BCUT2D eigenvalue weighted by atomic mass is 16.5. The van der Waals surface area contributed by atoms with E-state index in [1.165, 1.54) is 11.1 Å². The van der Waals surface area contributed by atoms with Gasteiger partial charge >= 0.3 is 5.97 Å². The molecule has 6 heteroatoms. The lowest BCUT2D eigenvalue weighted by Gasteiger charge is -2.17. The summed E-state index contributed by atoms with van der Waals surface area (Å²) in [6, 6.07) is 13.4. The first-order chi connectivity index (χ1) is 16.5. The van der Waals surface area contributed by atoms with Gasteiger partial charge < -0.3 is 18.8 Å². The summed E-state index contributed by atoms with van der Waals surface area (Å²) in [7, 11) is 0. The Morgan fingerprint density at radius 1 is 1.06 bits per heavy atom. The monoisotopic (exact) mass is 463 g/mol. The first kappa shape index (κ1) is 24.0. The third-order valence-electron chi connectivity index (χ3n) is 6.57. The minimum Gasteiger partial charge on any atom is -0.487 e. The summed E-state index contributed by atoms with van der Waals surface area (Å²) in [5.74, 6) is 0.810. The number of carbonyl (C=O) groups excluding carboxylic acids is 1. The first-order valence-corrected chi connectivity index (χ1v) is 12.2. The van der Waals surface area contributed by atoms with Gasteiger partial charge in [-0.05, 0) is 63.0 Å².